The molecule has 0 unspecified atom stereocenters. The lowest BCUT2D eigenvalue weighted by molar-refractivity contribution is -0.146. The van der Waals surface area contributed by atoms with E-state index in [9.17, 15) is 14.4 Å². The number of aliphatic carboxylic acids is 1. The number of hydrogen-bond acceptors (Lipinski definition) is 4. The molecule has 1 aliphatic heterocycles. The number of fused-ring (bicyclic) bond motifs is 3. The van der Waals surface area contributed by atoms with Crippen molar-refractivity contribution in [3.05, 3.63) is 59.7 Å². The number of carbonyl (C=O) groups excluding carboxylic acids is 2. The molecule has 0 spiro atoms. The molecule has 0 radical (unpaired) electrons. The van der Waals surface area contributed by atoms with Crippen LogP contribution in [-0.2, 0) is 14.3 Å². The fourth-order valence-electron chi connectivity index (χ4n) is 5.99. The van der Waals surface area contributed by atoms with Gasteiger partial charge in [-0.2, -0.15) is 0 Å². The number of hydrogen-bond donors (Lipinski definition) is 2. The van der Waals surface area contributed by atoms with E-state index >= 15 is 0 Å². The summed E-state index contributed by atoms with van der Waals surface area (Å²) in [4.78, 5) is 38.5. The molecule has 5 rings (SSSR count). The summed E-state index contributed by atoms with van der Waals surface area (Å²) in [5.74, 6) is -0.975. The highest BCUT2D eigenvalue weighted by Crippen LogP contribution is 2.44. The number of piperidine rings is 1. The van der Waals surface area contributed by atoms with E-state index in [4.69, 9.17) is 9.84 Å². The van der Waals surface area contributed by atoms with Crippen LogP contribution < -0.4 is 5.32 Å². The van der Waals surface area contributed by atoms with E-state index in [2.05, 4.69) is 29.6 Å². The second kappa shape index (κ2) is 10.1. The Kier molecular flexibility index (Phi) is 6.75. The zero-order valence-electron chi connectivity index (χ0n) is 19.8. The summed E-state index contributed by atoms with van der Waals surface area (Å²) in [5.41, 5.74) is 4.74. The Morgan fingerprint density at radius 1 is 0.914 bits per heavy atom. The smallest absolute Gasteiger partial charge is 0.407 e. The highest BCUT2D eigenvalue weighted by atomic mass is 16.5. The molecular formula is C28H32N2O5. The molecule has 0 aromatic heterocycles. The number of likely N-dealkylation sites (tertiary alicyclic amines) is 1. The minimum atomic E-state index is -0.778. The molecule has 2 amide bonds. The quantitative estimate of drug-likeness (QED) is 0.644. The average Bonchev–Trinajstić information content (AvgIpc) is 3.44. The number of benzene rings is 2. The number of amides is 2. The number of carboxylic acids is 1. The van der Waals surface area contributed by atoms with Gasteiger partial charge in [-0.15, -0.1) is 0 Å². The van der Waals surface area contributed by atoms with E-state index in [0.717, 1.165) is 19.3 Å². The molecule has 1 saturated heterocycles. The Bertz CT molecular complexity index is 1060. The number of rotatable bonds is 6. The molecule has 2 aromatic rings. The number of carboxylic acid groups (broad SMARTS) is 1. The van der Waals surface area contributed by atoms with Gasteiger partial charge in [-0.1, -0.05) is 55.0 Å². The van der Waals surface area contributed by atoms with Crippen molar-refractivity contribution in [2.75, 3.05) is 19.7 Å². The molecule has 2 fully saturated rings. The third kappa shape index (κ3) is 4.90. The van der Waals surface area contributed by atoms with Crippen LogP contribution in [0.3, 0.4) is 0 Å². The summed E-state index contributed by atoms with van der Waals surface area (Å²) >= 11 is 0. The van der Waals surface area contributed by atoms with Gasteiger partial charge in [0.05, 0.1) is 5.92 Å². The van der Waals surface area contributed by atoms with Crippen molar-refractivity contribution in [2.45, 2.75) is 50.5 Å². The van der Waals surface area contributed by atoms with Crippen molar-refractivity contribution in [3.8, 4) is 11.1 Å². The largest absolute Gasteiger partial charge is 0.481 e. The van der Waals surface area contributed by atoms with Crippen LogP contribution in [0, 0.1) is 11.8 Å². The monoisotopic (exact) mass is 476 g/mol. The number of ether oxygens (including phenoxy) is 1. The number of alkyl carbamates (subject to hydrolysis) is 1. The van der Waals surface area contributed by atoms with Gasteiger partial charge in [-0.3, -0.25) is 9.59 Å². The number of carbonyl (C=O) groups is 3. The van der Waals surface area contributed by atoms with Gasteiger partial charge in [-0.25, -0.2) is 4.79 Å². The third-order valence-corrected chi connectivity index (χ3v) is 7.94. The molecule has 2 aliphatic carbocycles. The van der Waals surface area contributed by atoms with Gasteiger partial charge < -0.3 is 20.1 Å². The zero-order valence-corrected chi connectivity index (χ0v) is 19.8. The Balaban J connectivity index is 1.14. The molecule has 184 valence electrons. The first kappa shape index (κ1) is 23.4. The van der Waals surface area contributed by atoms with Crippen LogP contribution >= 0.6 is 0 Å². The zero-order chi connectivity index (χ0) is 24.4. The highest BCUT2D eigenvalue weighted by Gasteiger charge is 2.34. The summed E-state index contributed by atoms with van der Waals surface area (Å²) < 4.78 is 5.70. The van der Waals surface area contributed by atoms with Crippen LogP contribution in [0.1, 0.15) is 55.6 Å². The molecule has 35 heavy (non-hydrogen) atoms. The van der Waals surface area contributed by atoms with Gasteiger partial charge in [0.15, 0.2) is 0 Å². The Morgan fingerprint density at radius 2 is 1.54 bits per heavy atom. The molecule has 1 heterocycles. The van der Waals surface area contributed by atoms with Gasteiger partial charge in [-0.05, 0) is 53.9 Å². The Morgan fingerprint density at radius 3 is 2.17 bits per heavy atom. The number of nitrogens with one attached hydrogen (secondary N) is 1. The Hall–Kier alpha value is -3.35. The van der Waals surface area contributed by atoms with Crippen LogP contribution in [0.25, 0.3) is 11.1 Å². The molecule has 0 bridgehead atoms. The molecule has 7 heteroatoms. The van der Waals surface area contributed by atoms with Crippen LogP contribution in [0.2, 0.25) is 0 Å². The predicted molar refractivity (Wildman–Crippen MR) is 131 cm³/mol. The lowest BCUT2D eigenvalue weighted by Crippen LogP contribution is -2.43. The summed E-state index contributed by atoms with van der Waals surface area (Å²) in [6, 6.07) is 16.4. The van der Waals surface area contributed by atoms with Crippen molar-refractivity contribution in [1.82, 2.24) is 10.2 Å². The van der Waals surface area contributed by atoms with E-state index in [1.54, 1.807) is 4.90 Å². The topological polar surface area (TPSA) is 95.9 Å². The molecule has 7 nitrogen and oxygen atoms in total. The predicted octanol–water partition coefficient (Wildman–Crippen LogP) is 4.41. The lowest BCUT2D eigenvalue weighted by Gasteiger charge is -2.31. The second-order valence-electron chi connectivity index (χ2n) is 9.96. The van der Waals surface area contributed by atoms with Gasteiger partial charge >= 0.3 is 12.1 Å². The maximum atomic E-state index is 12.8. The highest BCUT2D eigenvalue weighted by molar-refractivity contribution is 5.79. The Labute approximate surface area is 205 Å². The van der Waals surface area contributed by atoms with Crippen molar-refractivity contribution in [3.63, 3.8) is 0 Å². The summed E-state index contributed by atoms with van der Waals surface area (Å²) in [7, 11) is 0. The van der Waals surface area contributed by atoms with E-state index in [-0.39, 0.29) is 36.3 Å². The first-order chi connectivity index (χ1) is 17.0. The molecule has 2 N–H and O–H groups in total. The summed E-state index contributed by atoms with van der Waals surface area (Å²) in [5, 5.41) is 12.2. The van der Waals surface area contributed by atoms with E-state index in [0.29, 0.717) is 32.4 Å². The van der Waals surface area contributed by atoms with Gasteiger partial charge in [0.1, 0.15) is 6.61 Å². The van der Waals surface area contributed by atoms with Crippen molar-refractivity contribution < 1.29 is 24.2 Å². The fraction of sp³-hybridized carbons (Fsp3) is 0.464. The van der Waals surface area contributed by atoms with E-state index in [1.807, 2.05) is 24.3 Å². The minimum absolute atomic E-state index is 0.0165. The van der Waals surface area contributed by atoms with E-state index < -0.39 is 12.1 Å². The SMILES string of the molecule is O=C(N[C@@H]1CCC[C@H]1CC(=O)N1CCC(C(=O)O)CC1)OCC1c2ccccc2-c2ccccc21. The standard InChI is InChI=1S/C28H32N2O5/c31-26(30-14-12-18(13-15-30)27(32)33)16-19-6-5-11-25(19)29-28(34)35-17-24-22-9-3-1-7-20(22)21-8-2-4-10-23(21)24/h1-4,7-10,18-19,24-25H,5-6,11-17H2,(H,29,34)(H,32,33)/t19-,25+/m0/s1. The van der Waals surface area contributed by atoms with Crippen LogP contribution in [0.4, 0.5) is 4.79 Å². The van der Waals surface area contributed by atoms with Crippen molar-refractivity contribution in [2.24, 2.45) is 11.8 Å². The first-order valence-corrected chi connectivity index (χ1v) is 12.6. The summed E-state index contributed by atoms with van der Waals surface area (Å²) in [6.45, 7) is 1.26. The van der Waals surface area contributed by atoms with Gasteiger partial charge in [0.25, 0.3) is 0 Å². The number of nitrogens with zero attached hydrogens (tertiary/aromatic N) is 1. The normalized spacial score (nSPS) is 21.9. The van der Waals surface area contributed by atoms with E-state index in [1.165, 1.54) is 22.3 Å². The molecule has 2 aromatic carbocycles. The maximum Gasteiger partial charge on any atom is 0.407 e. The summed E-state index contributed by atoms with van der Waals surface area (Å²) in [6.07, 6.45) is 3.66. The van der Waals surface area contributed by atoms with Gasteiger partial charge in [0.2, 0.25) is 5.91 Å². The second-order valence-corrected chi connectivity index (χ2v) is 9.96. The van der Waals surface area contributed by atoms with Crippen molar-refractivity contribution in [1.29, 1.82) is 0 Å². The first-order valence-electron chi connectivity index (χ1n) is 12.6. The maximum absolute atomic E-state index is 12.8. The fourth-order valence-corrected chi connectivity index (χ4v) is 5.99. The van der Waals surface area contributed by atoms with Crippen molar-refractivity contribution >= 4 is 18.0 Å². The lowest BCUT2D eigenvalue weighted by atomic mass is 9.95. The van der Waals surface area contributed by atoms with Crippen LogP contribution in [-0.4, -0.2) is 53.7 Å². The van der Waals surface area contributed by atoms with Gasteiger partial charge in [0, 0.05) is 31.5 Å². The van der Waals surface area contributed by atoms with Crippen LogP contribution in [0.5, 0.6) is 0 Å². The molecule has 1 saturated carbocycles. The molecular weight excluding hydrogens is 444 g/mol. The molecule has 3 aliphatic rings. The molecule has 2 atom stereocenters. The minimum Gasteiger partial charge on any atom is -0.481 e. The third-order valence-electron chi connectivity index (χ3n) is 7.94. The van der Waals surface area contributed by atoms with Crippen LogP contribution in [0.15, 0.2) is 48.5 Å². The average molecular weight is 477 g/mol.